The van der Waals surface area contributed by atoms with Gasteiger partial charge in [0.1, 0.15) is 5.79 Å². The fraction of sp³-hybridized carbons (Fsp3) is 0.133. The lowest BCUT2D eigenvalue weighted by Crippen LogP contribution is -2.63. The molecule has 0 heterocycles. The zero-order valence-electron chi connectivity index (χ0n) is 10.6. The largest absolute Gasteiger partial charge is 0.317 e. The van der Waals surface area contributed by atoms with Gasteiger partial charge in [0.15, 0.2) is 0 Å². The highest BCUT2D eigenvalue weighted by Crippen LogP contribution is 2.30. The van der Waals surface area contributed by atoms with Gasteiger partial charge in [-0.3, -0.25) is 0 Å². The van der Waals surface area contributed by atoms with E-state index in [-0.39, 0.29) is 0 Å². The number of hydrogen-bond donors (Lipinski definition) is 4. The summed E-state index contributed by atoms with van der Waals surface area (Å²) < 4.78 is 0. The summed E-state index contributed by atoms with van der Waals surface area (Å²) in [7, 11) is 0. The van der Waals surface area contributed by atoms with E-state index in [1.165, 1.54) is 0 Å². The molecular formula is C15H18N4. The van der Waals surface area contributed by atoms with E-state index in [1.807, 2.05) is 60.7 Å². The maximum Gasteiger partial charge on any atom is 0.125 e. The van der Waals surface area contributed by atoms with Crippen LogP contribution in [0.25, 0.3) is 0 Å². The number of nitrogens with two attached hydrogens (primary N) is 4. The van der Waals surface area contributed by atoms with E-state index in [2.05, 4.69) is 6.42 Å². The average molecular weight is 254 g/mol. The van der Waals surface area contributed by atoms with Crippen molar-refractivity contribution in [3.05, 3.63) is 78.2 Å². The number of benzene rings is 2. The van der Waals surface area contributed by atoms with Crippen molar-refractivity contribution in [2.75, 3.05) is 0 Å². The molecule has 0 spiro atoms. The van der Waals surface area contributed by atoms with Crippen LogP contribution in [0.1, 0.15) is 11.1 Å². The number of hydrogen-bond acceptors (Lipinski definition) is 4. The van der Waals surface area contributed by atoms with Crippen LogP contribution in [-0.4, -0.2) is 5.79 Å². The molecule has 4 heteroatoms. The summed E-state index contributed by atoms with van der Waals surface area (Å²) in [5, 5.41) is 0. The predicted octanol–water partition coefficient (Wildman–Crippen LogP) is 0.500. The van der Waals surface area contributed by atoms with Crippen molar-refractivity contribution in [1.82, 2.24) is 0 Å². The lowest BCUT2D eigenvalue weighted by Gasteiger charge is -2.35. The highest BCUT2D eigenvalue weighted by atomic mass is 15.1. The van der Waals surface area contributed by atoms with Gasteiger partial charge < -0.3 is 22.9 Å². The molecule has 2 rings (SSSR count). The third-order valence-corrected chi connectivity index (χ3v) is 2.87. The molecule has 0 aromatic heterocycles. The van der Waals surface area contributed by atoms with Gasteiger partial charge in [0.25, 0.3) is 0 Å². The van der Waals surface area contributed by atoms with E-state index in [0.717, 1.165) is 11.1 Å². The Morgan fingerprint density at radius 1 is 0.632 bits per heavy atom. The highest BCUT2D eigenvalue weighted by Gasteiger charge is 2.36. The Morgan fingerprint density at radius 3 is 1.32 bits per heavy atom. The molecule has 2 radical (unpaired) electrons. The fourth-order valence-corrected chi connectivity index (χ4v) is 2.05. The average Bonchev–Trinajstić information content (AvgIpc) is 2.39. The normalized spacial score (nSPS) is 12.4. The van der Waals surface area contributed by atoms with Crippen molar-refractivity contribution < 1.29 is 0 Å². The monoisotopic (exact) mass is 254 g/mol. The van der Waals surface area contributed by atoms with Crippen LogP contribution in [0.2, 0.25) is 0 Å². The SMILES string of the molecule is NC(N)(N)[C]C(N)(c1ccccc1)c1ccccc1. The van der Waals surface area contributed by atoms with Gasteiger partial charge in [-0.25, -0.2) is 0 Å². The standard InChI is InChI=1S/C15H18N4/c16-14(11-15(17,18)19,12-7-3-1-4-8-12)13-9-5-2-6-10-13/h1-10H,16-19H2. The van der Waals surface area contributed by atoms with Crippen molar-refractivity contribution in [1.29, 1.82) is 0 Å². The molecule has 0 atom stereocenters. The summed E-state index contributed by atoms with van der Waals surface area (Å²) in [6.45, 7) is 0. The second kappa shape index (κ2) is 5.11. The zero-order valence-corrected chi connectivity index (χ0v) is 10.6. The molecule has 0 fully saturated rings. The maximum absolute atomic E-state index is 6.48. The Hall–Kier alpha value is -1.72. The van der Waals surface area contributed by atoms with Gasteiger partial charge in [0.2, 0.25) is 0 Å². The van der Waals surface area contributed by atoms with E-state index < -0.39 is 11.3 Å². The van der Waals surface area contributed by atoms with Crippen molar-refractivity contribution in [3.63, 3.8) is 0 Å². The fourth-order valence-electron chi connectivity index (χ4n) is 2.05. The third kappa shape index (κ3) is 3.19. The minimum atomic E-state index is -1.58. The van der Waals surface area contributed by atoms with Crippen LogP contribution < -0.4 is 22.9 Å². The lowest BCUT2D eigenvalue weighted by molar-refractivity contribution is 0.443. The molecule has 2 aromatic carbocycles. The van der Waals surface area contributed by atoms with Gasteiger partial charge in [-0.2, -0.15) is 0 Å². The first-order valence-electron chi connectivity index (χ1n) is 5.98. The second-order valence-corrected chi connectivity index (χ2v) is 4.60. The van der Waals surface area contributed by atoms with E-state index in [1.54, 1.807) is 0 Å². The van der Waals surface area contributed by atoms with Crippen molar-refractivity contribution in [3.8, 4) is 0 Å². The summed E-state index contributed by atoms with van der Waals surface area (Å²) >= 11 is 0. The molecule has 8 N–H and O–H groups in total. The molecular weight excluding hydrogens is 236 g/mol. The van der Waals surface area contributed by atoms with E-state index >= 15 is 0 Å². The summed E-state index contributed by atoms with van der Waals surface area (Å²) in [4.78, 5) is 0. The van der Waals surface area contributed by atoms with Crippen molar-refractivity contribution in [2.24, 2.45) is 22.9 Å². The highest BCUT2D eigenvalue weighted by molar-refractivity contribution is 5.42. The van der Waals surface area contributed by atoms with Gasteiger partial charge >= 0.3 is 0 Å². The van der Waals surface area contributed by atoms with Crippen LogP contribution in [0.5, 0.6) is 0 Å². The van der Waals surface area contributed by atoms with Crippen LogP contribution in [0, 0.1) is 6.42 Å². The first-order valence-corrected chi connectivity index (χ1v) is 5.98. The van der Waals surface area contributed by atoms with Crippen LogP contribution in [-0.2, 0) is 5.54 Å². The molecule has 98 valence electrons. The van der Waals surface area contributed by atoms with Gasteiger partial charge in [0.05, 0.1) is 12.0 Å². The zero-order chi connectivity index (χ0) is 13.9. The van der Waals surface area contributed by atoms with Crippen LogP contribution in [0.4, 0.5) is 0 Å². The summed E-state index contributed by atoms with van der Waals surface area (Å²) in [6, 6.07) is 19.0. The smallest absolute Gasteiger partial charge is 0.125 e. The topological polar surface area (TPSA) is 104 Å². The molecule has 0 saturated carbocycles. The van der Waals surface area contributed by atoms with Crippen LogP contribution >= 0.6 is 0 Å². The maximum atomic E-state index is 6.48. The summed E-state index contributed by atoms with van der Waals surface area (Å²) in [6.07, 6.45) is 2.88. The Bertz CT molecular complexity index is 477. The van der Waals surface area contributed by atoms with Gasteiger partial charge in [-0.1, -0.05) is 60.7 Å². The summed E-state index contributed by atoms with van der Waals surface area (Å²) in [5.74, 6) is -1.58. The minimum Gasteiger partial charge on any atom is -0.317 e. The molecule has 0 amide bonds. The molecule has 0 aliphatic heterocycles. The Labute approximate surface area is 113 Å². The Balaban J connectivity index is 2.51. The lowest BCUT2D eigenvalue weighted by atomic mass is 9.79. The van der Waals surface area contributed by atoms with Crippen LogP contribution in [0.3, 0.4) is 0 Å². The molecule has 2 aromatic rings. The second-order valence-electron chi connectivity index (χ2n) is 4.60. The van der Waals surface area contributed by atoms with Crippen molar-refractivity contribution >= 4 is 0 Å². The Kier molecular flexibility index (Phi) is 3.68. The molecule has 0 aliphatic carbocycles. The molecule has 4 nitrogen and oxygen atoms in total. The molecule has 0 unspecified atom stereocenters. The Morgan fingerprint density at radius 2 is 1.00 bits per heavy atom. The predicted molar refractivity (Wildman–Crippen MR) is 76.4 cm³/mol. The quantitative estimate of drug-likeness (QED) is 0.596. The molecule has 0 saturated heterocycles. The minimum absolute atomic E-state index is 0.826. The number of rotatable bonds is 4. The van der Waals surface area contributed by atoms with E-state index in [0.29, 0.717) is 0 Å². The van der Waals surface area contributed by atoms with E-state index in [4.69, 9.17) is 22.9 Å². The molecule has 0 aliphatic rings. The molecule has 19 heavy (non-hydrogen) atoms. The van der Waals surface area contributed by atoms with Crippen LogP contribution in [0.15, 0.2) is 60.7 Å². The summed E-state index contributed by atoms with van der Waals surface area (Å²) in [5.41, 5.74) is 24.1. The van der Waals surface area contributed by atoms with Gasteiger partial charge in [-0.15, -0.1) is 0 Å². The van der Waals surface area contributed by atoms with Gasteiger partial charge in [0, 0.05) is 0 Å². The first kappa shape index (κ1) is 13.7. The van der Waals surface area contributed by atoms with E-state index in [9.17, 15) is 0 Å². The first-order chi connectivity index (χ1) is 8.92. The van der Waals surface area contributed by atoms with Gasteiger partial charge in [-0.05, 0) is 11.1 Å². The molecule has 0 bridgehead atoms. The van der Waals surface area contributed by atoms with Crippen molar-refractivity contribution in [2.45, 2.75) is 11.3 Å². The third-order valence-electron chi connectivity index (χ3n) is 2.87.